The van der Waals surface area contributed by atoms with E-state index in [0.717, 1.165) is 35.8 Å². The molecule has 1 aliphatic rings. The van der Waals surface area contributed by atoms with E-state index in [1.54, 1.807) is 13.3 Å². The Hall–Kier alpha value is -2.80. The molecule has 2 amide bonds. The van der Waals surface area contributed by atoms with Crippen molar-refractivity contribution in [2.75, 3.05) is 38.3 Å². The first-order valence-electron chi connectivity index (χ1n) is 8.68. The van der Waals surface area contributed by atoms with Crippen LogP contribution in [0.2, 0.25) is 0 Å². The summed E-state index contributed by atoms with van der Waals surface area (Å²) >= 11 is 0. The number of benzene rings is 1. The maximum Gasteiger partial charge on any atom is 0.315 e. The topological polar surface area (TPSA) is 75.7 Å². The van der Waals surface area contributed by atoms with E-state index in [1.165, 1.54) is 0 Å². The number of morpholine rings is 1. The molecule has 2 aromatic rings. The van der Waals surface area contributed by atoms with E-state index in [-0.39, 0.29) is 6.03 Å². The average molecular weight is 356 g/mol. The van der Waals surface area contributed by atoms with Crippen LogP contribution >= 0.6 is 0 Å². The summed E-state index contributed by atoms with van der Waals surface area (Å²) in [5.41, 5.74) is 1.92. The summed E-state index contributed by atoms with van der Waals surface area (Å²) in [5.74, 6) is 1.66. The maximum absolute atomic E-state index is 12.2. The van der Waals surface area contributed by atoms with Gasteiger partial charge >= 0.3 is 6.03 Å². The van der Waals surface area contributed by atoms with Crippen molar-refractivity contribution in [3.63, 3.8) is 0 Å². The standard InChI is InChI=1S/C19H24N4O3/c1-25-17-7-3-2-5-15(17)13-21-19(24)22-14-16-6-4-8-20-18(16)23-9-11-26-12-10-23/h2-8H,9-14H2,1H3,(H2,21,22,24). The molecule has 7 heteroatoms. The molecule has 7 nitrogen and oxygen atoms in total. The van der Waals surface area contributed by atoms with Gasteiger partial charge in [-0.1, -0.05) is 24.3 Å². The van der Waals surface area contributed by atoms with Crippen molar-refractivity contribution < 1.29 is 14.3 Å². The number of hydrogen-bond donors (Lipinski definition) is 2. The Balaban J connectivity index is 1.55. The van der Waals surface area contributed by atoms with Crippen LogP contribution in [-0.2, 0) is 17.8 Å². The first kappa shape index (κ1) is 18.0. The number of methoxy groups -OCH3 is 1. The number of amides is 2. The van der Waals surface area contributed by atoms with E-state index in [9.17, 15) is 4.79 Å². The molecule has 0 radical (unpaired) electrons. The number of nitrogens with one attached hydrogen (secondary N) is 2. The fraction of sp³-hybridized carbons (Fsp3) is 0.368. The second-order valence-electron chi connectivity index (χ2n) is 5.93. The van der Waals surface area contributed by atoms with Crippen LogP contribution in [-0.4, -0.2) is 44.4 Å². The molecule has 0 bridgehead atoms. The quantitative estimate of drug-likeness (QED) is 0.827. The summed E-state index contributed by atoms with van der Waals surface area (Å²) in [4.78, 5) is 18.8. The Morgan fingerprint density at radius 1 is 1.12 bits per heavy atom. The van der Waals surface area contributed by atoms with Crippen LogP contribution in [0.5, 0.6) is 5.75 Å². The van der Waals surface area contributed by atoms with Crippen LogP contribution < -0.4 is 20.3 Å². The third kappa shape index (κ3) is 4.64. The molecule has 3 rings (SSSR count). The van der Waals surface area contributed by atoms with Crippen molar-refractivity contribution in [1.82, 2.24) is 15.6 Å². The Morgan fingerprint density at radius 2 is 1.81 bits per heavy atom. The lowest BCUT2D eigenvalue weighted by Gasteiger charge is -2.29. The molecule has 0 saturated carbocycles. The fourth-order valence-corrected chi connectivity index (χ4v) is 2.89. The maximum atomic E-state index is 12.2. The molecule has 138 valence electrons. The summed E-state index contributed by atoms with van der Waals surface area (Å²) in [5, 5.41) is 5.76. The van der Waals surface area contributed by atoms with Crippen LogP contribution in [0.3, 0.4) is 0 Å². The van der Waals surface area contributed by atoms with Crippen LogP contribution in [0.1, 0.15) is 11.1 Å². The molecule has 1 aliphatic heterocycles. The van der Waals surface area contributed by atoms with E-state index in [1.807, 2.05) is 36.4 Å². The Labute approximate surface area is 153 Å². The monoisotopic (exact) mass is 356 g/mol. The number of urea groups is 1. The van der Waals surface area contributed by atoms with Crippen molar-refractivity contribution in [3.8, 4) is 5.75 Å². The van der Waals surface area contributed by atoms with Gasteiger partial charge in [0.25, 0.3) is 0 Å². The molecular formula is C19H24N4O3. The highest BCUT2D eigenvalue weighted by Gasteiger charge is 2.16. The molecule has 1 aromatic heterocycles. The number of carbonyl (C=O) groups excluding carboxylic acids is 1. The summed E-state index contributed by atoms with van der Waals surface area (Å²) in [6.07, 6.45) is 1.77. The molecule has 2 heterocycles. The summed E-state index contributed by atoms with van der Waals surface area (Å²) < 4.78 is 10.7. The number of anilines is 1. The molecule has 2 N–H and O–H groups in total. The lowest BCUT2D eigenvalue weighted by molar-refractivity contribution is 0.122. The van der Waals surface area contributed by atoms with Crippen molar-refractivity contribution in [2.24, 2.45) is 0 Å². The van der Waals surface area contributed by atoms with Gasteiger partial charge in [0.05, 0.1) is 20.3 Å². The summed E-state index contributed by atoms with van der Waals surface area (Å²) in [6, 6.07) is 11.3. The number of ether oxygens (including phenoxy) is 2. The molecule has 1 fully saturated rings. The lowest BCUT2D eigenvalue weighted by Crippen LogP contribution is -2.38. The highest BCUT2D eigenvalue weighted by Crippen LogP contribution is 2.18. The number of nitrogens with zero attached hydrogens (tertiary/aromatic N) is 2. The fourth-order valence-electron chi connectivity index (χ4n) is 2.89. The van der Waals surface area contributed by atoms with Gasteiger partial charge in [-0.05, 0) is 12.1 Å². The van der Waals surface area contributed by atoms with Crippen LogP contribution in [0.4, 0.5) is 10.6 Å². The van der Waals surface area contributed by atoms with E-state index in [2.05, 4.69) is 20.5 Å². The minimum absolute atomic E-state index is 0.229. The molecule has 0 aliphatic carbocycles. The first-order valence-corrected chi connectivity index (χ1v) is 8.68. The van der Waals surface area contributed by atoms with Gasteiger partial charge in [0, 0.05) is 43.5 Å². The smallest absolute Gasteiger partial charge is 0.315 e. The van der Waals surface area contributed by atoms with E-state index >= 15 is 0 Å². The molecular weight excluding hydrogens is 332 g/mol. The van der Waals surface area contributed by atoms with Gasteiger partial charge in [-0.2, -0.15) is 0 Å². The third-order valence-electron chi connectivity index (χ3n) is 4.25. The van der Waals surface area contributed by atoms with Gasteiger partial charge in [0.15, 0.2) is 0 Å². The number of aromatic nitrogens is 1. The SMILES string of the molecule is COc1ccccc1CNC(=O)NCc1cccnc1N1CCOCC1. The molecule has 0 atom stereocenters. The van der Waals surface area contributed by atoms with Gasteiger partial charge in [-0.25, -0.2) is 9.78 Å². The van der Waals surface area contributed by atoms with Crippen molar-refractivity contribution in [3.05, 3.63) is 53.7 Å². The van der Waals surface area contributed by atoms with Gasteiger partial charge < -0.3 is 25.0 Å². The third-order valence-corrected chi connectivity index (χ3v) is 4.25. The number of pyridine rings is 1. The Kier molecular flexibility index (Phi) is 6.27. The molecule has 1 saturated heterocycles. The second-order valence-corrected chi connectivity index (χ2v) is 5.93. The van der Waals surface area contributed by atoms with E-state index in [0.29, 0.717) is 26.3 Å². The zero-order chi connectivity index (χ0) is 18.2. The van der Waals surface area contributed by atoms with Crippen molar-refractivity contribution in [1.29, 1.82) is 0 Å². The number of hydrogen-bond acceptors (Lipinski definition) is 5. The molecule has 0 spiro atoms. The molecule has 26 heavy (non-hydrogen) atoms. The van der Waals surface area contributed by atoms with Crippen LogP contribution in [0.15, 0.2) is 42.6 Å². The van der Waals surface area contributed by atoms with Crippen LogP contribution in [0.25, 0.3) is 0 Å². The highest BCUT2D eigenvalue weighted by molar-refractivity contribution is 5.74. The number of carbonyl (C=O) groups is 1. The van der Waals surface area contributed by atoms with Gasteiger partial charge in [-0.3, -0.25) is 0 Å². The van der Waals surface area contributed by atoms with Crippen molar-refractivity contribution in [2.45, 2.75) is 13.1 Å². The predicted octanol–water partition coefficient (Wildman–Crippen LogP) is 1.93. The zero-order valence-corrected chi connectivity index (χ0v) is 14.9. The number of para-hydroxylation sites is 1. The molecule has 1 aromatic carbocycles. The first-order chi connectivity index (χ1) is 12.8. The average Bonchev–Trinajstić information content (AvgIpc) is 2.71. The van der Waals surface area contributed by atoms with Gasteiger partial charge in [-0.15, -0.1) is 0 Å². The largest absolute Gasteiger partial charge is 0.496 e. The van der Waals surface area contributed by atoms with E-state index in [4.69, 9.17) is 9.47 Å². The highest BCUT2D eigenvalue weighted by atomic mass is 16.5. The minimum atomic E-state index is -0.229. The normalized spacial score (nSPS) is 14.0. The minimum Gasteiger partial charge on any atom is -0.496 e. The Morgan fingerprint density at radius 3 is 2.58 bits per heavy atom. The summed E-state index contributed by atoms with van der Waals surface area (Å²) in [6.45, 7) is 3.83. The lowest BCUT2D eigenvalue weighted by atomic mass is 10.2. The number of rotatable bonds is 6. The molecule has 0 unspecified atom stereocenters. The zero-order valence-electron chi connectivity index (χ0n) is 14.9. The van der Waals surface area contributed by atoms with Crippen molar-refractivity contribution >= 4 is 11.8 Å². The second kappa shape index (κ2) is 9.05. The van der Waals surface area contributed by atoms with E-state index < -0.39 is 0 Å². The Bertz CT molecular complexity index is 732. The predicted molar refractivity (Wildman–Crippen MR) is 99.3 cm³/mol. The summed E-state index contributed by atoms with van der Waals surface area (Å²) in [7, 11) is 1.62. The van der Waals surface area contributed by atoms with Gasteiger partial charge in [0.1, 0.15) is 11.6 Å². The van der Waals surface area contributed by atoms with Gasteiger partial charge in [0.2, 0.25) is 0 Å². The van der Waals surface area contributed by atoms with Crippen LogP contribution in [0, 0.1) is 0 Å².